The maximum atomic E-state index is 8.76. The van der Waals surface area contributed by atoms with E-state index in [9.17, 15) is 0 Å². The minimum Gasteiger partial charge on any atom is -0.192 e. The van der Waals surface area contributed by atoms with Gasteiger partial charge in [-0.3, -0.25) is 0 Å². The Bertz CT molecular complexity index is 442. The fourth-order valence-electron chi connectivity index (χ4n) is 2.99. The average Bonchev–Trinajstić information content (AvgIpc) is 2.47. The summed E-state index contributed by atoms with van der Waals surface area (Å²) in [5.74, 6) is 1.73. The summed E-state index contributed by atoms with van der Waals surface area (Å²) in [6.07, 6.45) is 12.8. The molecule has 0 aromatic heterocycles. The number of benzene rings is 1. The van der Waals surface area contributed by atoms with Crippen LogP contribution in [0.2, 0.25) is 0 Å². The van der Waals surface area contributed by atoms with Gasteiger partial charge in [0.05, 0.1) is 11.6 Å². The molecule has 0 saturated heterocycles. The first-order chi connectivity index (χ1) is 9.31. The van der Waals surface area contributed by atoms with Gasteiger partial charge in [0.25, 0.3) is 0 Å². The van der Waals surface area contributed by atoms with Crippen molar-refractivity contribution in [2.45, 2.75) is 45.4 Å². The van der Waals surface area contributed by atoms with E-state index in [1.165, 1.54) is 44.1 Å². The second-order valence-corrected chi connectivity index (χ2v) is 5.66. The summed E-state index contributed by atoms with van der Waals surface area (Å²) < 4.78 is 0. The Kier molecular flexibility index (Phi) is 5.21. The first-order valence-electron chi connectivity index (χ1n) is 7.50. The Morgan fingerprint density at radius 3 is 2.42 bits per heavy atom. The van der Waals surface area contributed by atoms with Crippen molar-refractivity contribution >= 4 is 6.08 Å². The van der Waals surface area contributed by atoms with E-state index in [2.05, 4.69) is 25.1 Å². The maximum Gasteiger partial charge on any atom is 0.0991 e. The topological polar surface area (TPSA) is 23.8 Å². The van der Waals surface area contributed by atoms with Gasteiger partial charge in [-0.15, -0.1) is 0 Å². The predicted molar refractivity (Wildman–Crippen MR) is 80.5 cm³/mol. The molecule has 0 spiro atoms. The van der Waals surface area contributed by atoms with E-state index in [1.807, 2.05) is 24.3 Å². The molecule has 1 heteroatoms. The molecular formula is C18H23N. The molecule has 100 valence electrons. The quantitative estimate of drug-likeness (QED) is 0.725. The maximum absolute atomic E-state index is 8.76. The first-order valence-corrected chi connectivity index (χ1v) is 7.50. The van der Waals surface area contributed by atoms with E-state index in [4.69, 9.17) is 5.26 Å². The Balaban J connectivity index is 1.84. The van der Waals surface area contributed by atoms with Crippen molar-refractivity contribution in [3.63, 3.8) is 0 Å². The van der Waals surface area contributed by atoms with Crippen LogP contribution in [0.15, 0.2) is 30.3 Å². The highest BCUT2D eigenvalue weighted by molar-refractivity contribution is 5.51. The van der Waals surface area contributed by atoms with Crippen LogP contribution in [0.1, 0.15) is 56.6 Å². The zero-order chi connectivity index (χ0) is 13.5. The Labute approximate surface area is 117 Å². The van der Waals surface area contributed by atoms with Crippen LogP contribution in [0.4, 0.5) is 0 Å². The summed E-state index contributed by atoms with van der Waals surface area (Å²) >= 11 is 0. The van der Waals surface area contributed by atoms with Crippen LogP contribution in [0.3, 0.4) is 0 Å². The van der Waals surface area contributed by atoms with Crippen molar-refractivity contribution in [2.75, 3.05) is 0 Å². The molecule has 0 unspecified atom stereocenters. The molecule has 0 radical (unpaired) electrons. The normalized spacial score (nSPS) is 23.4. The number of allylic oxidation sites excluding steroid dienone is 1. The summed E-state index contributed by atoms with van der Waals surface area (Å²) in [5, 5.41) is 8.76. The molecular weight excluding hydrogens is 230 g/mol. The van der Waals surface area contributed by atoms with E-state index in [1.54, 1.807) is 0 Å². The lowest BCUT2D eigenvalue weighted by molar-refractivity contribution is 0.295. The van der Waals surface area contributed by atoms with Crippen LogP contribution < -0.4 is 0 Å². The molecule has 1 saturated carbocycles. The number of nitriles is 1. The molecule has 1 aromatic rings. The lowest BCUT2D eigenvalue weighted by atomic mass is 9.80. The third-order valence-electron chi connectivity index (χ3n) is 4.19. The lowest BCUT2D eigenvalue weighted by Crippen LogP contribution is -2.12. The van der Waals surface area contributed by atoms with Crippen molar-refractivity contribution in [1.82, 2.24) is 0 Å². The second-order valence-electron chi connectivity index (χ2n) is 5.66. The summed E-state index contributed by atoms with van der Waals surface area (Å²) in [6.45, 7) is 2.29. The summed E-state index contributed by atoms with van der Waals surface area (Å²) in [4.78, 5) is 0. The highest BCUT2D eigenvalue weighted by Gasteiger charge is 2.18. The van der Waals surface area contributed by atoms with Crippen molar-refractivity contribution < 1.29 is 0 Å². The standard InChI is InChI=1S/C18H23N/c1-2-3-15-4-6-16(7-5-15)8-9-17-10-12-18(14-19)13-11-17/h8-13,15-16H,2-7H2,1H3. The Morgan fingerprint density at radius 2 is 1.84 bits per heavy atom. The Hall–Kier alpha value is -1.55. The second kappa shape index (κ2) is 7.14. The van der Waals surface area contributed by atoms with E-state index in [-0.39, 0.29) is 0 Å². The third-order valence-corrected chi connectivity index (χ3v) is 4.19. The zero-order valence-corrected chi connectivity index (χ0v) is 11.8. The van der Waals surface area contributed by atoms with E-state index in [0.717, 1.165) is 17.4 Å². The van der Waals surface area contributed by atoms with Gasteiger partial charge in [0.1, 0.15) is 0 Å². The largest absolute Gasteiger partial charge is 0.192 e. The minimum absolute atomic E-state index is 0.734. The smallest absolute Gasteiger partial charge is 0.0991 e. The fraction of sp³-hybridized carbons (Fsp3) is 0.500. The number of hydrogen-bond donors (Lipinski definition) is 0. The van der Waals surface area contributed by atoms with Crippen LogP contribution in [-0.2, 0) is 0 Å². The zero-order valence-electron chi connectivity index (χ0n) is 11.8. The van der Waals surface area contributed by atoms with E-state index in [0.29, 0.717) is 0 Å². The summed E-state index contributed by atoms with van der Waals surface area (Å²) in [7, 11) is 0. The summed E-state index contributed by atoms with van der Waals surface area (Å²) in [6, 6.07) is 9.98. The molecule has 1 aliphatic rings. The third kappa shape index (κ3) is 4.24. The van der Waals surface area contributed by atoms with Gasteiger partial charge < -0.3 is 0 Å². The molecule has 0 amide bonds. The molecule has 1 aromatic carbocycles. The van der Waals surface area contributed by atoms with E-state index >= 15 is 0 Å². The van der Waals surface area contributed by atoms with Gasteiger partial charge in [0.15, 0.2) is 0 Å². The molecule has 2 rings (SSSR count). The van der Waals surface area contributed by atoms with Gasteiger partial charge in [-0.1, -0.05) is 44.1 Å². The van der Waals surface area contributed by atoms with E-state index < -0.39 is 0 Å². The van der Waals surface area contributed by atoms with Crippen molar-refractivity contribution in [2.24, 2.45) is 11.8 Å². The highest BCUT2D eigenvalue weighted by Crippen LogP contribution is 2.32. The Morgan fingerprint density at radius 1 is 1.16 bits per heavy atom. The number of nitrogens with zero attached hydrogens (tertiary/aromatic N) is 1. The highest BCUT2D eigenvalue weighted by atomic mass is 14.2. The lowest BCUT2D eigenvalue weighted by Gasteiger charge is -2.26. The monoisotopic (exact) mass is 253 g/mol. The molecule has 1 fully saturated rings. The first kappa shape index (κ1) is 13.9. The fourth-order valence-corrected chi connectivity index (χ4v) is 2.99. The van der Waals surface area contributed by atoms with Gasteiger partial charge in [0.2, 0.25) is 0 Å². The number of hydrogen-bond acceptors (Lipinski definition) is 1. The predicted octanol–water partition coefficient (Wildman–Crippen LogP) is 5.18. The van der Waals surface area contributed by atoms with Gasteiger partial charge in [-0.2, -0.15) is 5.26 Å². The van der Waals surface area contributed by atoms with Gasteiger partial charge in [-0.05, 0) is 55.2 Å². The molecule has 0 heterocycles. The van der Waals surface area contributed by atoms with Crippen molar-refractivity contribution in [3.8, 4) is 6.07 Å². The van der Waals surface area contributed by atoms with Crippen LogP contribution in [0.25, 0.3) is 6.08 Å². The minimum atomic E-state index is 0.734. The summed E-state index contributed by atoms with van der Waals surface area (Å²) in [5.41, 5.74) is 1.94. The molecule has 19 heavy (non-hydrogen) atoms. The van der Waals surface area contributed by atoms with Crippen LogP contribution >= 0.6 is 0 Å². The molecule has 0 atom stereocenters. The van der Waals surface area contributed by atoms with Gasteiger partial charge in [-0.25, -0.2) is 0 Å². The molecule has 0 aliphatic heterocycles. The molecule has 1 nitrogen and oxygen atoms in total. The van der Waals surface area contributed by atoms with Crippen molar-refractivity contribution in [1.29, 1.82) is 5.26 Å². The molecule has 0 bridgehead atoms. The number of rotatable bonds is 4. The SMILES string of the molecule is CCCC1CCC(C=Cc2ccc(C#N)cc2)CC1. The average molecular weight is 253 g/mol. The van der Waals surface area contributed by atoms with Crippen LogP contribution in [0, 0.1) is 23.2 Å². The molecule has 0 N–H and O–H groups in total. The van der Waals surface area contributed by atoms with Crippen LogP contribution in [-0.4, -0.2) is 0 Å². The molecule has 1 aliphatic carbocycles. The van der Waals surface area contributed by atoms with Crippen LogP contribution in [0.5, 0.6) is 0 Å². The van der Waals surface area contributed by atoms with Gasteiger partial charge >= 0.3 is 0 Å². The van der Waals surface area contributed by atoms with Crippen molar-refractivity contribution in [3.05, 3.63) is 41.5 Å². The van der Waals surface area contributed by atoms with Gasteiger partial charge in [0, 0.05) is 0 Å².